The van der Waals surface area contributed by atoms with Crippen molar-refractivity contribution in [3.63, 3.8) is 0 Å². The molecular weight excluding hydrogens is 240 g/mol. The molecule has 0 spiro atoms. The second-order valence-corrected chi connectivity index (χ2v) is 4.01. The van der Waals surface area contributed by atoms with Crippen LogP contribution in [-0.2, 0) is 16.5 Å². The summed E-state index contributed by atoms with van der Waals surface area (Å²) < 4.78 is 0. The molecular formula is C12H15BrO. The zero-order valence-corrected chi connectivity index (χ0v) is 10.2. The SMILES string of the molecule is CCc1ccc(C(C)C=O)c(CBr)c1. The van der Waals surface area contributed by atoms with Crippen molar-refractivity contribution in [2.75, 3.05) is 0 Å². The second kappa shape index (κ2) is 5.30. The normalized spacial score (nSPS) is 12.5. The number of rotatable bonds is 4. The highest BCUT2D eigenvalue weighted by atomic mass is 79.9. The van der Waals surface area contributed by atoms with E-state index in [-0.39, 0.29) is 5.92 Å². The van der Waals surface area contributed by atoms with E-state index in [4.69, 9.17) is 0 Å². The predicted octanol–water partition coefficient (Wildman–Crippen LogP) is 3.45. The summed E-state index contributed by atoms with van der Waals surface area (Å²) in [5.74, 6) is -0.00606. The third-order valence-electron chi connectivity index (χ3n) is 2.45. The number of aryl methyl sites for hydroxylation is 1. The number of carbonyl (C=O) groups excluding carboxylic acids is 1. The maximum Gasteiger partial charge on any atom is 0.127 e. The summed E-state index contributed by atoms with van der Waals surface area (Å²) in [6, 6.07) is 6.33. The van der Waals surface area contributed by atoms with E-state index < -0.39 is 0 Å². The summed E-state index contributed by atoms with van der Waals surface area (Å²) in [7, 11) is 0. The molecule has 0 amide bonds. The Hall–Kier alpha value is -0.630. The average molecular weight is 255 g/mol. The molecule has 1 aromatic rings. The number of alkyl halides is 1. The summed E-state index contributed by atoms with van der Waals surface area (Å²) in [5.41, 5.74) is 3.68. The molecule has 1 rings (SSSR count). The van der Waals surface area contributed by atoms with E-state index >= 15 is 0 Å². The van der Waals surface area contributed by atoms with Gasteiger partial charge in [0.25, 0.3) is 0 Å². The molecule has 0 radical (unpaired) electrons. The van der Waals surface area contributed by atoms with E-state index in [9.17, 15) is 4.79 Å². The Morgan fingerprint density at radius 3 is 2.71 bits per heavy atom. The lowest BCUT2D eigenvalue weighted by Gasteiger charge is -2.11. The molecule has 1 nitrogen and oxygen atoms in total. The highest BCUT2D eigenvalue weighted by Crippen LogP contribution is 2.22. The van der Waals surface area contributed by atoms with Gasteiger partial charge in [0.05, 0.1) is 0 Å². The zero-order valence-electron chi connectivity index (χ0n) is 8.59. The molecule has 0 fully saturated rings. The van der Waals surface area contributed by atoms with Crippen molar-refractivity contribution in [1.82, 2.24) is 0 Å². The van der Waals surface area contributed by atoms with Gasteiger partial charge in [0.1, 0.15) is 6.29 Å². The van der Waals surface area contributed by atoms with Crippen LogP contribution in [0, 0.1) is 0 Å². The van der Waals surface area contributed by atoms with Crippen molar-refractivity contribution >= 4 is 22.2 Å². The number of hydrogen-bond acceptors (Lipinski definition) is 1. The Labute approximate surface area is 93.7 Å². The lowest BCUT2D eigenvalue weighted by Crippen LogP contribution is -2.00. The highest BCUT2D eigenvalue weighted by molar-refractivity contribution is 9.08. The van der Waals surface area contributed by atoms with Crippen molar-refractivity contribution in [2.45, 2.75) is 31.5 Å². The quantitative estimate of drug-likeness (QED) is 0.595. The van der Waals surface area contributed by atoms with Crippen LogP contribution < -0.4 is 0 Å². The molecule has 2 heteroatoms. The van der Waals surface area contributed by atoms with Gasteiger partial charge in [-0.25, -0.2) is 0 Å². The van der Waals surface area contributed by atoms with Gasteiger partial charge >= 0.3 is 0 Å². The van der Waals surface area contributed by atoms with Crippen molar-refractivity contribution in [3.8, 4) is 0 Å². The van der Waals surface area contributed by atoms with Crippen LogP contribution in [0.2, 0.25) is 0 Å². The predicted molar refractivity (Wildman–Crippen MR) is 62.9 cm³/mol. The molecule has 0 aromatic heterocycles. The van der Waals surface area contributed by atoms with E-state index in [1.54, 1.807) is 0 Å². The van der Waals surface area contributed by atoms with Crippen molar-refractivity contribution in [2.24, 2.45) is 0 Å². The Kier molecular flexibility index (Phi) is 4.33. The summed E-state index contributed by atoms with van der Waals surface area (Å²) >= 11 is 3.45. The Bertz CT molecular complexity index is 320. The smallest absolute Gasteiger partial charge is 0.127 e. The van der Waals surface area contributed by atoms with E-state index in [0.717, 1.165) is 23.6 Å². The molecule has 1 unspecified atom stereocenters. The average Bonchev–Trinajstić information content (AvgIpc) is 2.27. The van der Waals surface area contributed by atoms with Gasteiger partial charge in [0, 0.05) is 11.2 Å². The number of hydrogen-bond donors (Lipinski definition) is 0. The number of aldehydes is 1. The van der Waals surface area contributed by atoms with Crippen LogP contribution in [0.25, 0.3) is 0 Å². The van der Waals surface area contributed by atoms with Gasteiger partial charge in [-0.2, -0.15) is 0 Å². The molecule has 0 N–H and O–H groups in total. The topological polar surface area (TPSA) is 17.1 Å². The number of halogens is 1. The lowest BCUT2D eigenvalue weighted by molar-refractivity contribution is -0.108. The van der Waals surface area contributed by atoms with Crippen molar-refractivity contribution in [3.05, 3.63) is 34.9 Å². The molecule has 0 aliphatic carbocycles. The van der Waals surface area contributed by atoms with Crippen LogP contribution in [0.1, 0.15) is 36.5 Å². The van der Waals surface area contributed by atoms with Crippen LogP contribution >= 0.6 is 15.9 Å². The third-order valence-corrected chi connectivity index (χ3v) is 3.06. The van der Waals surface area contributed by atoms with Crippen LogP contribution in [0.4, 0.5) is 0 Å². The first-order valence-electron chi connectivity index (χ1n) is 4.85. The van der Waals surface area contributed by atoms with E-state index in [1.165, 1.54) is 11.1 Å². The minimum absolute atomic E-state index is 0.00606. The second-order valence-electron chi connectivity index (χ2n) is 3.45. The maximum atomic E-state index is 10.7. The first-order chi connectivity index (χ1) is 6.72. The van der Waals surface area contributed by atoms with Crippen LogP contribution in [0.5, 0.6) is 0 Å². The number of carbonyl (C=O) groups is 1. The largest absolute Gasteiger partial charge is 0.303 e. The molecule has 0 saturated carbocycles. The Morgan fingerprint density at radius 2 is 2.21 bits per heavy atom. The monoisotopic (exact) mass is 254 g/mol. The van der Waals surface area contributed by atoms with Gasteiger partial charge in [0.15, 0.2) is 0 Å². The zero-order chi connectivity index (χ0) is 10.6. The van der Waals surface area contributed by atoms with E-state index in [0.29, 0.717) is 0 Å². The van der Waals surface area contributed by atoms with E-state index in [1.807, 2.05) is 6.92 Å². The van der Waals surface area contributed by atoms with E-state index in [2.05, 4.69) is 41.1 Å². The van der Waals surface area contributed by atoms with Crippen molar-refractivity contribution < 1.29 is 4.79 Å². The van der Waals surface area contributed by atoms with Gasteiger partial charge in [-0.1, -0.05) is 48.0 Å². The lowest BCUT2D eigenvalue weighted by atomic mass is 9.95. The molecule has 0 bridgehead atoms. The Morgan fingerprint density at radius 1 is 1.50 bits per heavy atom. The maximum absolute atomic E-state index is 10.7. The van der Waals surface area contributed by atoms with Crippen LogP contribution in [-0.4, -0.2) is 6.29 Å². The molecule has 1 aromatic carbocycles. The van der Waals surface area contributed by atoms with Crippen molar-refractivity contribution in [1.29, 1.82) is 0 Å². The highest BCUT2D eigenvalue weighted by Gasteiger charge is 2.09. The molecule has 0 saturated heterocycles. The fourth-order valence-electron chi connectivity index (χ4n) is 1.51. The summed E-state index contributed by atoms with van der Waals surface area (Å²) in [6.07, 6.45) is 2.03. The summed E-state index contributed by atoms with van der Waals surface area (Å²) in [6.45, 7) is 4.07. The van der Waals surface area contributed by atoms with Crippen LogP contribution in [0.3, 0.4) is 0 Å². The minimum Gasteiger partial charge on any atom is -0.303 e. The Balaban J connectivity index is 3.10. The standard InChI is InChI=1S/C12H15BrO/c1-3-10-4-5-12(9(2)8-14)11(6-10)7-13/h4-6,8-9H,3,7H2,1-2H3. The molecule has 76 valence electrons. The van der Waals surface area contributed by atoms with Gasteiger partial charge in [-0.3, -0.25) is 0 Å². The number of benzene rings is 1. The molecule has 0 aliphatic heterocycles. The fourth-order valence-corrected chi connectivity index (χ4v) is 2.00. The third kappa shape index (κ3) is 2.44. The summed E-state index contributed by atoms with van der Waals surface area (Å²) in [4.78, 5) is 10.7. The molecule has 0 aliphatic rings. The fraction of sp³-hybridized carbons (Fsp3) is 0.417. The van der Waals surface area contributed by atoms with Gasteiger partial charge in [0.2, 0.25) is 0 Å². The first kappa shape index (κ1) is 11.4. The van der Waals surface area contributed by atoms with Crippen LogP contribution in [0.15, 0.2) is 18.2 Å². The summed E-state index contributed by atoms with van der Waals surface area (Å²) in [5, 5.41) is 0.814. The molecule has 1 atom stereocenters. The minimum atomic E-state index is -0.00606. The van der Waals surface area contributed by atoms with Gasteiger partial charge in [-0.15, -0.1) is 0 Å². The first-order valence-corrected chi connectivity index (χ1v) is 5.98. The molecule has 0 heterocycles. The molecule has 14 heavy (non-hydrogen) atoms. The van der Waals surface area contributed by atoms with Gasteiger partial charge < -0.3 is 4.79 Å². The van der Waals surface area contributed by atoms with Gasteiger partial charge in [-0.05, 0) is 23.1 Å².